The van der Waals surface area contributed by atoms with Crippen LogP contribution in [0.4, 0.5) is 0 Å². The molecule has 1 aliphatic carbocycles. The SMILES string of the molecule is Cc1cccc(C(N)C2(N(C)C)CCC(C)CC2)c1. The fraction of sp³-hybridized carbons (Fsp3) is 0.647. The summed E-state index contributed by atoms with van der Waals surface area (Å²) < 4.78 is 0. The highest BCUT2D eigenvalue weighted by Gasteiger charge is 2.41. The third-order valence-corrected chi connectivity index (χ3v) is 5.01. The summed E-state index contributed by atoms with van der Waals surface area (Å²) in [5.41, 5.74) is 9.38. The minimum Gasteiger partial charge on any atom is -0.322 e. The molecule has 0 heterocycles. The Labute approximate surface area is 118 Å². The van der Waals surface area contributed by atoms with Crippen molar-refractivity contribution in [2.24, 2.45) is 11.7 Å². The molecule has 1 fully saturated rings. The number of hydrogen-bond donors (Lipinski definition) is 1. The first-order valence-electron chi connectivity index (χ1n) is 7.45. The lowest BCUT2D eigenvalue weighted by Crippen LogP contribution is -2.54. The summed E-state index contributed by atoms with van der Waals surface area (Å²) in [7, 11) is 4.37. The number of aryl methyl sites for hydroxylation is 1. The minimum absolute atomic E-state index is 0.106. The summed E-state index contributed by atoms with van der Waals surface area (Å²) in [6.45, 7) is 4.50. The van der Waals surface area contributed by atoms with Crippen molar-refractivity contribution in [2.45, 2.75) is 51.1 Å². The van der Waals surface area contributed by atoms with Gasteiger partial charge in [0.1, 0.15) is 0 Å². The molecule has 19 heavy (non-hydrogen) atoms. The first kappa shape index (κ1) is 14.5. The summed E-state index contributed by atoms with van der Waals surface area (Å²) in [4.78, 5) is 2.37. The third-order valence-electron chi connectivity index (χ3n) is 5.01. The molecule has 2 rings (SSSR count). The van der Waals surface area contributed by atoms with Crippen LogP contribution in [0.2, 0.25) is 0 Å². The second-order valence-corrected chi connectivity index (χ2v) is 6.57. The van der Waals surface area contributed by atoms with E-state index in [0.717, 1.165) is 5.92 Å². The average Bonchev–Trinajstić information content (AvgIpc) is 2.39. The molecule has 1 aliphatic rings. The van der Waals surface area contributed by atoms with Gasteiger partial charge in [-0.3, -0.25) is 0 Å². The van der Waals surface area contributed by atoms with Crippen molar-refractivity contribution in [3.8, 4) is 0 Å². The molecule has 2 nitrogen and oxygen atoms in total. The maximum Gasteiger partial charge on any atom is 0.0482 e. The van der Waals surface area contributed by atoms with E-state index in [-0.39, 0.29) is 11.6 Å². The summed E-state index contributed by atoms with van der Waals surface area (Å²) >= 11 is 0. The second-order valence-electron chi connectivity index (χ2n) is 6.57. The second kappa shape index (κ2) is 5.64. The van der Waals surface area contributed by atoms with Gasteiger partial charge in [-0.2, -0.15) is 0 Å². The predicted octanol–water partition coefficient (Wildman–Crippen LogP) is 3.51. The Hall–Kier alpha value is -0.860. The Morgan fingerprint density at radius 3 is 2.42 bits per heavy atom. The van der Waals surface area contributed by atoms with E-state index < -0.39 is 0 Å². The number of hydrogen-bond acceptors (Lipinski definition) is 2. The van der Waals surface area contributed by atoms with Crippen LogP contribution in [-0.4, -0.2) is 24.5 Å². The van der Waals surface area contributed by atoms with Crippen molar-refractivity contribution in [2.75, 3.05) is 14.1 Å². The quantitative estimate of drug-likeness (QED) is 0.901. The molecule has 2 N–H and O–H groups in total. The molecular weight excluding hydrogens is 232 g/mol. The van der Waals surface area contributed by atoms with Crippen molar-refractivity contribution in [3.63, 3.8) is 0 Å². The van der Waals surface area contributed by atoms with Gasteiger partial charge in [-0.25, -0.2) is 0 Å². The van der Waals surface area contributed by atoms with Crippen LogP contribution in [0.3, 0.4) is 0 Å². The van der Waals surface area contributed by atoms with Gasteiger partial charge in [0.05, 0.1) is 0 Å². The molecule has 1 unspecified atom stereocenters. The number of likely N-dealkylation sites (N-methyl/N-ethyl adjacent to an activating group) is 1. The Balaban J connectivity index is 2.29. The van der Waals surface area contributed by atoms with E-state index in [0.29, 0.717) is 0 Å². The van der Waals surface area contributed by atoms with Crippen LogP contribution < -0.4 is 5.73 Å². The highest BCUT2D eigenvalue weighted by Crippen LogP contribution is 2.42. The van der Waals surface area contributed by atoms with Crippen LogP contribution in [0.5, 0.6) is 0 Å². The zero-order chi connectivity index (χ0) is 14.0. The number of rotatable bonds is 3. The van der Waals surface area contributed by atoms with Gasteiger partial charge in [0, 0.05) is 11.6 Å². The Morgan fingerprint density at radius 2 is 1.89 bits per heavy atom. The molecule has 0 amide bonds. The van der Waals surface area contributed by atoms with Gasteiger partial charge in [0.25, 0.3) is 0 Å². The molecule has 0 spiro atoms. The molecule has 0 aliphatic heterocycles. The van der Waals surface area contributed by atoms with Crippen LogP contribution in [0.25, 0.3) is 0 Å². The van der Waals surface area contributed by atoms with Gasteiger partial charge in [-0.15, -0.1) is 0 Å². The van der Waals surface area contributed by atoms with Gasteiger partial charge in [0.15, 0.2) is 0 Å². The zero-order valence-electron chi connectivity index (χ0n) is 12.8. The van der Waals surface area contributed by atoms with E-state index in [1.54, 1.807) is 0 Å². The first-order valence-corrected chi connectivity index (χ1v) is 7.45. The highest BCUT2D eigenvalue weighted by atomic mass is 15.2. The van der Waals surface area contributed by atoms with E-state index >= 15 is 0 Å². The normalized spacial score (nSPS) is 29.5. The van der Waals surface area contributed by atoms with Crippen LogP contribution in [0, 0.1) is 12.8 Å². The maximum absolute atomic E-state index is 6.68. The Morgan fingerprint density at radius 1 is 1.26 bits per heavy atom. The maximum atomic E-state index is 6.68. The van der Waals surface area contributed by atoms with Gasteiger partial charge < -0.3 is 10.6 Å². The number of benzene rings is 1. The number of nitrogens with two attached hydrogens (primary N) is 1. The van der Waals surface area contributed by atoms with Crippen LogP contribution >= 0.6 is 0 Å². The molecule has 106 valence electrons. The largest absolute Gasteiger partial charge is 0.322 e. The molecule has 2 heteroatoms. The standard InChI is InChI=1S/C17H28N2/c1-13-8-10-17(11-9-13,19(3)4)16(18)15-7-5-6-14(2)12-15/h5-7,12-13,16H,8-11,18H2,1-4H3. The van der Waals surface area contributed by atoms with Crippen LogP contribution in [0.15, 0.2) is 24.3 Å². The summed E-state index contributed by atoms with van der Waals surface area (Å²) in [6, 6.07) is 8.80. The first-order chi connectivity index (χ1) is 8.95. The topological polar surface area (TPSA) is 29.3 Å². The molecule has 0 saturated heterocycles. The van der Waals surface area contributed by atoms with Crippen LogP contribution in [0.1, 0.15) is 49.8 Å². The zero-order valence-corrected chi connectivity index (χ0v) is 12.8. The average molecular weight is 260 g/mol. The van der Waals surface area contributed by atoms with Crippen molar-refractivity contribution in [3.05, 3.63) is 35.4 Å². The fourth-order valence-electron chi connectivity index (χ4n) is 3.47. The highest BCUT2D eigenvalue weighted by molar-refractivity contribution is 5.28. The van der Waals surface area contributed by atoms with Crippen molar-refractivity contribution in [1.82, 2.24) is 4.90 Å². The third kappa shape index (κ3) is 2.85. The predicted molar refractivity (Wildman–Crippen MR) is 82.2 cm³/mol. The van der Waals surface area contributed by atoms with Crippen molar-refractivity contribution < 1.29 is 0 Å². The smallest absolute Gasteiger partial charge is 0.0482 e. The minimum atomic E-state index is 0.106. The van der Waals surface area contributed by atoms with Crippen molar-refractivity contribution >= 4 is 0 Å². The lowest BCUT2D eigenvalue weighted by atomic mass is 9.70. The molecule has 1 saturated carbocycles. The van der Waals surface area contributed by atoms with E-state index in [2.05, 4.69) is 57.1 Å². The Bertz CT molecular complexity index is 417. The lowest BCUT2D eigenvalue weighted by molar-refractivity contribution is 0.0564. The van der Waals surface area contributed by atoms with Crippen molar-refractivity contribution in [1.29, 1.82) is 0 Å². The molecule has 1 aromatic rings. The van der Waals surface area contributed by atoms with Crippen LogP contribution in [-0.2, 0) is 0 Å². The molecule has 0 aromatic heterocycles. The Kier molecular flexibility index (Phi) is 4.32. The van der Waals surface area contributed by atoms with E-state index in [4.69, 9.17) is 5.73 Å². The molecule has 0 bridgehead atoms. The molecular formula is C17H28N2. The van der Waals surface area contributed by atoms with Gasteiger partial charge >= 0.3 is 0 Å². The number of nitrogens with zero attached hydrogens (tertiary/aromatic N) is 1. The van der Waals surface area contributed by atoms with E-state index in [9.17, 15) is 0 Å². The fourth-order valence-corrected chi connectivity index (χ4v) is 3.47. The lowest BCUT2D eigenvalue weighted by Gasteiger charge is -2.48. The summed E-state index contributed by atoms with van der Waals surface area (Å²) in [5.74, 6) is 0.845. The molecule has 0 radical (unpaired) electrons. The molecule has 1 atom stereocenters. The van der Waals surface area contributed by atoms with Gasteiger partial charge in [0.2, 0.25) is 0 Å². The summed E-state index contributed by atoms with van der Waals surface area (Å²) in [5, 5.41) is 0. The summed E-state index contributed by atoms with van der Waals surface area (Å²) in [6.07, 6.45) is 4.99. The van der Waals surface area contributed by atoms with E-state index in [1.165, 1.54) is 36.8 Å². The van der Waals surface area contributed by atoms with Gasteiger partial charge in [-0.1, -0.05) is 36.8 Å². The van der Waals surface area contributed by atoms with Gasteiger partial charge in [-0.05, 0) is 58.2 Å². The van der Waals surface area contributed by atoms with E-state index in [1.807, 2.05) is 0 Å². The monoisotopic (exact) mass is 260 g/mol. The molecule has 1 aromatic carbocycles.